The van der Waals surface area contributed by atoms with Crippen LogP contribution in [-0.2, 0) is 0 Å². The highest BCUT2D eigenvalue weighted by Crippen LogP contribution is 2.29. The molecule has 3 nitrogen and oxygen atoms in total. The minimum atomic E-state index is -0.451. The largest absolute Gasteiger partial charge is 0.367 e. The van der Waals surface area contributed by atoms with Crippen LogP contribution >= 0.6 is 11.6 Å². The Morgan fingerprint density at radius 2 is 2.33 bits per heavy atom. The van der Waals surface area contributed by atoms with E-state index in [0.29, 0.717) is 0 Å². The van der Waals surface area contributed by atoms with Gasteiger partial charge in [-0.3, -0.25) is 0 Å². The Morgan fingerprint density at radius 3 is 3.00 bits per heavy atom. The summed E-state index contributed by atoms with van der Waals surface area (Å²) in [5.41, 5.74) is 0. The predicted octanol–water partition coefficient (Wildman–Crippen LogP) is 2.87. The molecule has 0 radical (unpaired) electrons. The van der Waals surface area contributed by atoms with Crippen molar-refractivity contribution in [3.63, 3.8) is 0 Å². The number of anilines is 1. The molecular formula is C10H13ClFN3. The van der Waals surface area contributed by atoms with E-state index in [-0.39, 0.29) is 11.1 Å². The molecule has 82 valence electrons. The highest BCUT2D eigenvalue weighted by Gasteiger charge is 2.16. The van der Waals surface area contributed by atoms with Gasteiger partial charge in [-0.05, 0) is 23.9 Å². The first-order valence-electron chi connectivity index (χ1n) is 5.17. The Labute approximate surface area is 93.1 Å². The Morgan fingerprint density at radius 1 is 1.53 bits per heavy atom. The second-order valence-electron chi connectivity index (χ2n) is 3.85. The van der Waals surface area contributed by atoms with Gasteiger partial charge in [0.1, 0.15) is 0 Å². The second-order valence-corrected chi connectivity index (χ2v) is 4.19. The predicted molar refractivity (Wildman–Crippen MR) is 57.4 cm³/mol. The zero-order valence-electron chi connectivity index (χ0n) is 8.34. The van der Waals surface area contributed by atoms with Crippen molar-refractivity contribution in [1.82, 2.24) is 9.97 Å². The fourth-order valence-corrected chi connectivity index (χ4v) is 1.78. The molecule has 0 unspecified atom stereocenters. The summed E-state index contributed by atoms with van der Waals surface area (Å²) >= 11 is 5.57. The minimum absolute atomic E-state index is 0.0718. The van der Waals surface area contributed by atoms with Crippen molar-refractivity contribution < 1.29 is 4.39 Å². The van der Waals surface area contributed by atoms with Crippen LogP contribution < -0.4 is 5.32 Å². The van der Waals surface area contributed by atoms with Gasteiger partial charge in [-0.25, -0.2) is 9.37 Å². The highest BCUT2D eigenvalue weighted by atomic mass is 35.5. The van der Waals surface area contributed by atoms with Crippen LogP contribution in [0.5, 0.6) is 0 Å². The number of nitrogens with zero attached hydrogens (tertiary/aromatic N) is 2. The van der Waals surface area contributed by atoms with Crippen LogP contribution in [0, 0.1) is 11.7 Å². The molecule has 1 N–H and O–H groups in total. The molecular weight excluding hydrogens is 217 g/mol. The molecule has 1 aliphatic rings. The minimum Gasteiger partial charge on any atom is -0.367 e. The summed E-state index contributed by atoms with van der Waals surface area (Å²) in [5.74, 6) is 0.556. The Balaban J connectivity index is 1.83. The zero-order valence-corrected chi connectivity index (χ0v) is 9.10. The maximum Gasteiger partial charge on any atom is 0.224 e. The van der Waals surface area contributed by atoms with Crippen LogP contribution in [0.3, 0.4) is 0 Å². The molecule has 1 saturated carbocycles. The van der Waals surface area contributed by atoms with Crippen LogP contribution in [0.25, 0.3) is 0 Å². The first kappa shape index (κ1) is 10.6. The molecule has 0 amide bonds. The van der Waals surface area contributed by atoms with Crippen molar-refractivity contribution in [1.29, 1.82) is 0 Å². The molecule has 2 rings (SSSR count). The normalized spacial score (nSPS) is 16.1. The van der Waals surface area contributed by atoms with E-state index < -0.39 is 5.82 Å². The summed E-state index contributed by atoms with van der Waals surface area (Å²) in [5, 5.41) is 3.01. The maximum absolute atomic E-state index is 13.1. The van der Waals surface area contributed by atoms with Gasteiger partial charge < -0.3 is 5.32 Å². The third kappa shape index (κ3) is 2.78. The van der Waals surface area contributed by atoms with Gasteiger partial charge in [0.05, 0.1) is 6.20 Å². The van der Waals surface area contributed by atoms with E-state index in [4.69, 9.17) is 11.6 Å². The van der Waals surface area contributed by atoms with Gasteiger partial charge >= 0.3 is 0 Å². The molecule has 0 bridgehead atoms. The van der Waals surface area contributed by atoms with Gasteiger partial charge in [0.2, 0.25) is 5.28 Å². The molecule has 1 aromatic rings. The van der Waals surface area contributed by atoms with Crippen molar-refractivity contribution in [2.24, 2.45) is 5.92 Å². The average molecular weight is 230 g/mol. The number of aromatic nitrogens is 2. The van der Waals surface area contributed by atoms with E-state index in [1.54, 1.807) is 0 Å². The number of hydrogen-bond acceptors (Lipinski definition) is 3. The Hall–Kier alpha value is -0.900. The molecule has 1 heterocycles. The van der Waals surface area contributed by atoms with E-state index >= 15 is 0 Å². The van der Waals surface area contributed by atoms with Gasteiger partial charge in [0, 0.05) is 6.54 Å². The van der Waals surface area contributed by atoms with Crippen LogP contribution in [-0.4, -0.2) is 16.5 Å². The molecule has 1 aromatic heterocycles. The molecule has 0 aromatic carbocycles. The Kier molecular flexibility index (Phi) is 3.36. The van der Waals surface area contributed by atoms with Crippen molar-refractivity contribution >= 4 is 17.4 Å². The molecule has 0 saturated heterocycles. The number of hydrogen-bond donors (Lipinski definition) is 1. The van der Waals surface area contributed by atoms with Crippen molar-refractivity contribution in [3.8, 4) is 0 Å². The van der Waals surface area contributed by atoms with Crippen LogP contribution in [0.15, 0.2) is 6.20 Å². The number of halogens is 2. The summed E-state index contributed by atoms with van der Waals surface area (Å²) in [7, 11) is 0. The van der Waals surface area contributed by atoms with E-state index in [0.717, 1.165) is 25.1 Å². The smallest absolute Gasteiger partial charge is 0.224 e. The third-order valence-electron chi connectivity index (χ3n) is 2.78. The van der Waals surface area contributed by atoms with Gasteiger partial charge in [-0.2, -0.15) is 4.98 Å². The van der Waals surface area contributed by atoms with Crippen molar-refractivity contribution in [3.05, 3.63) is 17.3 Å². The van der Waals surface area contributed by atoms with E-state index in [9.17, 15) is 4.39 Å². The van der Waals surface area contributed by atoms with E-state index in [1.165, 1.54) is 19.3 Å². The standard InChI is InChI=1S/C10H13ClFN3/c11-10-14-6-8(12)9(15-10)13-5-4-7-2-1-3-7/h6-7H,1-5H2,(H,13,14,15). The first-order chi connectivity index (χ1) is 7.25. The fourth-order valence-electron chi connectivity index (χ4n) is 1.65. The lowest BCUT2D eigenvalue weighted by Gasteiger charge is -2.25. The molecule has 0 aliphatic heterocycles. The zero-order chi connectivity index (χ0) is 10.7. The summed E-state index contributed by atoms with van der Waals surface area (Å²) in [6.07, 6.45) is 6.09. The number of nitrogens with one attached hydrogen (secondary N) is 1. The van der Waals surface area contributed by atoms with Gasteiger partial charge in [0.15, 0.2) is 11.6 Å². The van der Waals surface area contributed by atoms with Gasteiger partial charge in [-0.15, -0.1) is 0 Å². The summed E-state index contributed by atoms with van der Waals surface area (Å²) in [6, 6.07) is 0. The topological polar surface area (TPSA) is 37.8 Å². The average Bonchev–Trinajstić information content (AvgIpc) is 2.15. The first-order valence-corrected chi connectivity index (χ1v) is 5.55. The fraction of sp³-hybridized carbons (Fsp3) is 0.600. The van der Waals surface area contributed by atoms with Crippen LogP contribution in [0.2, 0.25) is 5.28 Å². The highest BCUT2D eigenvalue weighted by molar-refractivity contribution is 6.28. The Bertz CT molecular complexity index is 341. The van der Waals surface area contributed by atoms with Crippen LogP contribution in [0.4, 0.5) is 10.2 Å². The van der Waals surface area contributed by atoms with Crippen LogP contribution in [0.1, 0.15) is 25.7 Å². The summed E-state index contributed by atoms with van der Waals surface area (Å²) < 4.78 is 13.1. The lowest BCUT2D eigenvalue weighted by atomic mass is 9.83. The lowest BCUT2D eigenvalue weighted by molar-refractivity contribution is 0.302. The number of rotatable bonds is 4. The quantitative estimate of drug-likeness (QED) is 0.807. The third-order valence-corrected chi connectivity index (χ3v) is 2.97. The molecule has 1 aliphatic carbocycles. The summed E-state index contributed by atoms with van der Waals surface area (Å²) in [6.45, 7) is 0.745. The van der Waals surface area contributed by atoms with Crippen molar-refractivity contribution in [2.45, 2.75) is 25.7 Å². The molecule has 1 fully saturated rings. The van der Waals surface area contributed by atoms with Crippen molar-refractivity contribution in [2.75, 3.05) is 11.9 Å². The lowest BCUT2D eigenvalue weighted by Crippen LogP contribution is -2.16. The van der Waals surface area contributed by atoms with Gasteiger partial charge in [0.25, 0.3) is 0 Å². The summed E-state index contributed by atoms with van der Waals surface area (Å²) in [4.78, 5) is 7.33. The SMILES string of the molecule is Fc1cnc(Cl)nc1NCCC1CCC1. The second kappa shape index (κ2) is 4.75. The molecule has 15 heavy (non-hydrogen) atoms. The monoisotopic (exact) mass is 229 g/mol. The van der Waals surface area contributed by atoms with Gasteiger partial charge in [-0.1, -0.05) is 19.3 Å². The molecule has 5 heteroatoms. The molecule has 0 spiro atoms. The maximum atomic E-state index is 13.1. The molecule has 0 atom stereocenters. The van der Waals surface area contributed by atoms with E-state index in [1.807, 2.05) is 0 Å². The van der Waals surface area contributed by atoms with E-state index in [2.05, 4.69) is 15.3 Å².